The van der Waals surface area contributed by atoms with Crippen LogP contribution in [0.5, 0.6) is 0 Å². The Hall–Kier alpha value is -0.650. The molecule has 0 heterocycles. The molecule has 96 valence electrons. The SMILES string of the molecule is CCCOCCN(CCN(C)C)CC(=O)O. The molecule has 0 saturated carbocycles. The lowest BCUT2D eigenvalue weighted by molar-refractivity contribution is -0.138. The molecule has 0 aromatic carbocycles. The van der Waals surface area contributed by atoms with Gasteiger partial charge in [-0.05, 0) is 20.5 Å². The maximum absolute atomic E-state index is 10.6. The molecule has 0 unspecified atom stereocenters. The summed E-state index contributed by atoms with van der Waals surface area (Å²) in [5.74, 6) is -0.783. The van der Waals surface area contributed by atoms with Gasteiger partial charge in [-0.25, -0.2) is 0 Å². The van der Waals surface area contributed by atoms with E-state index in [1.807, 2.05) is 23.9 Å². The molecule has 1 N–H and O–H groups in total. The van der Waals surface area contributed by atoms with Crippen molar-refractivity contribution in [2.24, 2.45) is 0 Å². The Morgan fingerprint density at radius 2 is 1.88 bits per heavy atom. The molecule has 0 saturated heterocycles. The first-order valence-electron chi connectivity index (χ1n) is 5.73. The van der Waals surface area contributed by atoms with E-state index in [4.69, 9.17) is 9.84 Å². The second kappa shape index (κ2) is 9.57. The van der Waals surface area contributed by atoms with Crippen LogP contribution >= 0.6 is 0 Å². The third kappa shape index (κ3) is 9.89. The van der Waals surface area contributed by atoms with Crippen LogP contribution in [0, 0.1) is 0 Å². The highest BCUT2D eigenvalue weighted by atomic mass is 16.5. The zero-order valence-corrected chi connectivity index (χ0v) is 10.6. The van der Waals surface area contributed by atoms with Gasteiger partial charge in [-0.3, -0.25) is 9.69 Å². The largest absolute Gasteiger partial charge is 0.480 e. The Morgan fingerprint density at radius 3 is 2.38 bits per heavy atom. The quantitative estimate of drug-likeness (QED) is 0.551. The number of aliphatic carboxylic acids is 1. The zero-order valence-electron chi connectivity index (χ0n) is 10.6. The van der Waals surface area contributed by atoms with Crippen molar-refractivity contribution in [1.82, 2.24) is 9.80 Å². The number of rotatable bonds is 10. The van der Waals surface area contributed by atoms with Crippen molar-refractivity contribution in [1.29, 1.82) is 0 Å². The van der Waals surface area contributed by atoms with Gasteiger partial charge in [0.1, 0.15) is 0 Å². The number of carboxylic acid groups (broad SMARTS) is 1. The Labute approximate surface area is 98.0 Å². The van der Waals surface area contributed by atoms with Gasteiger partial charge in [-0.15, -0.1) is 0 Å². The molecule has 0 aromatic rings. The maximum atomic E-state index is 10.6. The van der Waals surface area contributed by atoms with E-state index in [0.29, 0.717) is 13.2 Å². The first-order valence-corrected chi connectivity index (χ1v) is 5.73. The first-order chi connectivity index (χ1) is 7.56. The minimum absolute atomic E-state index is 0.0866. The molecular formula is C11H24N2O3. The van der Waals surface area contributed by atoms with E-state index in [9.17, 15) is 4.79 Å². The predicted molar refractivity (Wildman–Crippen MR) is 63.7 cm³/mol. The first kappa shape index (κ1) is 15.3. The normalized spacial score (nSPS) is 11.3. The van der Waals surface area contributed by atoms with Crippen LogP contribution in [0.3, 0.4) is 0 Å². The summed E-state index contributed by atoms with van der Waals surface area (Å²) in [5.41, 5.74) is 0. The molecule has 0 spiro atoms. The van der Waals surface area contributed by atoms with Gasteiger partial charge in [-0.2, -0.15) is 0 Å². The molecule has 5 nitrogen and oxygen atoms in total. The molecule has 0 aromatic heterocycles. The fourth-order valence-electron chi connectivity index (χ4n) is 1.24. The van der Waals surface area contributed by atoms with E-state index >= 15 is 0 Å². The highest BCUT2D eigenvalue weighted by Gasteiger charge is 2.09. The van der Waals surface area contributed by atoms with Crippen LogP contribution in [-0.2, 0) is 9.53 Å². The van der Waals surface area contributed by atoms with Gasteiger partial charge < -0.3 is 14.7 Å². The van der Waals surface area contributed by atoms with Gasteiger partial charge in [-0.1, -0.05) is 6.92 Å². The van der Waals surface area contributed by atoms with Crippen LogP contribution in [-0.4, -0.2) is 74.4 Å². The highest BCUT2D eigenvalue weighted by Crippen LogP contribution is 1.91. The van der Waals surface area contributed by atoms with Crippen LogP contribution in [0.4, 0.5) is 0 Å². The lowest BCUT2D eigenvalue weighted by atomic mass is 10.4. The monoisotopic (exact) mass is 232 g/mol. The lowest BCUT2D eigenvalue weighted by Crippen LogP contribution is -2.37. The topological polar surface area (TPSA) is 53.0 Å². The Kier molecular flexibility index (Phi) is 9.18. The number of ether oxygens (including phenoxy) is 1. The molecule has 0 aliphatic rings. The summed E-state index contributed by atoms with van der Waals surface area (Å²) in [6.45, 7) is 5.80. The molecule has 0 radical (unpaired) electrons. The van der Waals surface area contributed by atoms with E-state index < -0.39 is 5.97 Å². The average molecular weight is 232 g/mol. The minimum Gasteiger partial charge on any atom is -0.480 e. The third-order valence-corrected chi connectivity index (χ3v) is 2.12. The number of hydrogen-bond acceptors (Lipinski definition) is 4. The summed E-state index contributed by atoms with van der Waals surface area (Å²) < 4.78 is 5.35. The Bertz CT molecular complexity index is 186. The number of hydrogen-bond donors (Lipinski definition) is 1. The summed E-state index contributed by atoms with van der Waals surface area (Å²) in [4.78, 5) is 14.6. The van der Waals surface area contributed by atoms with Crippen molar-refractivity contribution in [2.75, 3.05) is 53.5 Å². The molecule has 0 fully saturated rings. The van der Waals surface area contributed by atoms with Crippen molar-refractivity contribution >= 4 is 5.97 Å². The van der Waals surface area contributed by atoms with E-state index in [0.717, 1.165) is 26.1 Å². The van der Waals surface area contributed by atoms with Gasteiger partial charge in [0.15, 0.2) is 0 Å². The molecule has 0 amide bonds. The number of nitrogens with zero attached hydrogens (tertiary/aromatic N) is 2. The van der Waals surface area contributed by atoms with Gasteiger partial charge >= 0.3 is 5.97 Å². The molecule has 0 bridgehead atoms. The van der Waals surface area contributed by atoms with Crippen molar-refractivity contribution in [3.63, 3.8) is 0 Å². The van der Waals surface area contributed by atoms with Crippen molar-refractivity contribution < 1.29 is 14.6 Å². The maximum Gasteiger partial charge on any atom is 0.317 e. The van der Waals surface area contributed by atoms with E-state index in [1.54, 1.807) is 0 Å². The third-order valence-electron chi connectivity index (χ3n) is 2.12. The van der Waals surface area contributed by atoms with Gasteiger partial charge in [0.25, 0.3) is 0 Å². The highest BCUT2D eigenvalue weighted by molar-refractivity contribution is 5.69. The summed E-state index contributed by atoms with van der Waals surface area (Å²) >= 11 is 0. The number of carboxylic acids is 1. The van der Waals surface area contributed by atoms with Crippen molar-refractivity contribution in [3.8, 4) is 0 Å². The second-order valence-corrected chi connectivity index (χ2v) is 4.09. The fraction of sp³-hybridized carbons (Fsp3) is 0.909. The average Bonchev–Trinajstić information content (AvgIpc) is 2.19. The molecule has 5 heteroatoms. The van der Waals surface area contributed by atoms with E-state index in [2.05, 4.69) is 6.92 Å². The Balaban J connectivity index is 3.76. The number of carbonyl (C=O) groups is 1. The van der Waals surface area contributed by atoms with Gasteiger partial charge in [0.2, 0.25) is 0 Å². The van der Waals surface area contributed by atoms with E-state index in [1.165, 1.54) is 0 Å². The molecular weight excluding hydrogens is 208 g/mol. The van der Waals surface area contributed by atoms with Crippen LogP contribution in [0.1, 0.15) is 13.3 Å². The van der Waals surface area contributed by atoms with Crippen LogP contribution in [0.15, 0.2) is 0 Å². The fourth-order valence-corrected chi connectivity index (χ4v) is 1.24. The standard InChI is InChI=1S/C11H24N2O3/c1-4-8-16-9-7-13(10-11(14)15)6-5-12(2)3/h4-10H2,1-3H3,(H,14,15). The summed E-state index contributed by atoms with van der Waals surface area (Å²) in [6.07, 6.45) is 0.997. The molecule has 0 rings (SSSR count). The molecule has 0 aliphatic heterocycles. The van der Waals surface area contributed by atoms with Gasteiger partial charge in [0, 0.05) is 26.2 Å². The minimum atomic E-state index is -0.783. The summed E-state index contributed by atoms with van der Waals surface area (Å²) in [5, 5.41) is 8.76. The zero-order chi connectivity index (χ0) is 12.4. The summed E-state index contributed by atoms with van der Waals surface area (Å²) in [6, 6.07) is 0. The Morgan fingerprint density at radius 1 is 1.19 bits per heavy atom. The van der Waals surface area contributed by atoms with Crippen LogP contribution in [0.25, 0.3) is 0 Å². The van der Waals surface area contributed by atoms with Crippen LogP contribution < -0.4 is 0 Å². The summed E-state index contributed by atoms with van der Waals surface area (Å²) in [7, 11) is 3.96. The molecule has 0 atom stereocenters. The van der Waals surface area contributed by atoms with Gasteiger partial charge in [0.05, 0.1) is 13.2 Å². The molecule has 16 heavy (non-hydrogen) atoms. The van der Waals surface area contributed by atoms with Crippen molar-refractivity contribution in [2.45, 2.75) is 13.3 Å². The lowest BCUT2D eigenvalue weighted by Gasteiger charge is -2.22. The smallest absolute Gasteiger partial charge is 0.317 e. The van der Waals surface area contributed by atoms with Crippen molar-refractivity contribution in [3.05, 3.63) is 0 Å². The molecule has 0 aliphatic carbocycles. The van der Waals surface area contributed by atoms with E-state index in [-0.39, 0.29) is 6.54 Å². The van der Waals surface area contributed by atoms with Crippen LogP contribution in [0.2, 0.25) is 0 Å². The second-order valence-electron chi connectivity index (χ2n) is 4.09. The number of likely N-dealkylation sites (N-methyl/N-ethyl adjacent to an activating group) is 1. The predicted octanol–water partition coefficient (Wildman–Crippen LogP) is 0.361.